The zero-order chi connectivity index (χ0) is 40.8. The Bertz CT molecular complexity index is 2230. The number of halogens is 4. The van der Waals surface area contributed by atoms with Gasteiger partial charge in [0.25, 0.3) is 0 Å². The van der Waals surface area contributed by atoms with E-state index in [1.54, 1.807) is 7.11 Å². The standard InChI is InChI=1S/C42H45ClF3N7O5/c1-57-38-23(19-47-20-24-10-14-34(54)48-24)9-12-32(51-38)30-8-4-7-29(35(30)43)26-5-3-6-28-27(26)11-13-31(28)50-37-36(42(44,45)46)49-33(39(52-37)58-2)21-53-22-41(40(55)56)17-15-25(53)16-18-41/h3-9,12,24-25,31,47H,10-11,13-22H2,1-2H3,(H,48,54)(H,50,52)(H,55,56)/t24?,25?,31-,41?/m0/s1. The number of carbonyl (C=O) groups is 2. The lowest BCUT2D eigenvalue weighted by molar-refractivity contribution is -0.160. The first kappa shape index (κ1) is 39.8. The number of carboxylic acid groups (broad SMARTS) is 1. The summed E-state index contributed by atoms with van der Waals surface area (Å²) in [5.74, 6) is -0.820. The lowest BCUT2D eigenvalue weighted by atomic mass is 9.67. The van der Waals surface area contributed by atoms with E-state index < -0.39 is 35.1 Å². The normalized spacial score (nSPS) is 22.8. The fraction of sp³-hybridized carbons (Fsp3) is 0.452. The summed E-state index contributed by atoms with van der Waals surface area (Å²) in [5, 5.41) is 19.8. The van der Waals surface area contributed by atoms with Crippen LogP contribution in [0.15, 0.2) is 48.5 Å². The van der Waals surface area contributed by atoms with Gasteiger partial charge in [-0.15, -0.1) is 0 Å². The number of aliphatic carboxylic acids is 1. The Kier molecular flexibility index (Phi) is 11.0. The van der Waals surface area contributed by atoms with Crippen LogP contribution in [0.4, 0.5) is 19.0 Å². The number of amides is 1. The number of anilines is 1. The van der Waals surface area contributed by atoms with E-state index in [0.29, 0.717) is 80.2 Å². The van der Waals surface area contributed by atoms with Crippen LogP contribution >= 0.6 is 11.6 Å². The van der Waals surface area contributed by atoms with Crippen LogP contribution in [-0.2, 0) is 35.3 Å². The maximum atomic E-state index is 14.7. The maximum absolute atomic E-state index is 14.7. The highest BCUT2D eigenvalue weighted by Gasteiger charge is 2.50. The van der Waals surface area contributed by atoms with E-state index in [-0.39, 0.29) is 42.7 Å². The summed E-state index contributed by atoms with van der Waals surface area (Å²) >= 11 is 7.15. The molecule has 58 heavy (non-hydrogen) atoms. The van der Waals surface area contributed by atoms with Gasteiger partial charge < -0.3 is 30.5 Å². The Labute approximate surface area is 338 Å². The van der Waals surface area contributed by atoms with Crippen LogP contribution in [0, 0.1) is 5.41 Å². The van der Waals surface area contributed by atoms with Gasteiger partial charge in [-0.25, -0.2) is 9.97 Å². The van der Waals surface area contributed by atoms with Gasteiger partial charge in [-0.05, 0) is 67.7 Å². The fourth-order valence-corrected chi connectivity index (χ4v) is 9.50. The highest BCUT2D eigenvalue weighted by Crippen LogP contribution is 2.47. The van der Waals surface area contributed by atoms with Crippen LogP contribution in [0.5, 0.6) is 11.8 Å². The number of carbonyl (C=O) groups excluding carboxylic acids is 1. The third kappa shape index (κ3) is 7.67. The molecule has 4 aromatic rings. The summed E-state index contributed by atoms with van der Waals surface area (Å²) in [4.78, 5) is 38.9. The van der Waals surface area contributed by atoms with Crippen molar-refractivity contribution < 1.29 is 37.3 Å². The van der Waals surface area contributed by atoms with E-state index in [1.165, 1.54) is 7.11 Å². The number of pyridine rings is 1. The molecular formula is C42H45ClF3N7O5. The van der Waals surface area contributed by atoms with Crippen LogP contribution in [-0.4, -0.2) is 76.2 Å². The number of benzene rings is 2. The summed E-state index contributed by atoms with van der Waals surface area (Å²) < 4.78 is 55.3. The molecule has 4 fully saturated rings. The average Bonchev–Trinajstić information content (AvgIpc) is 3.83. The average molecular weight is 820 g/mol. The minimum absolute atomic E-state index is 0.000678. The van der Waals surface area contributed by atoms with E-state index >= 15 is 0 Å². The van der Waals surface area contributed by atoms with Gasteiger partial charge in [0, 0.05) is 61.4 Å². The van der Waals surface area contributed by atoms with Gasteiger partial charge in [0.05, 0.1) is 36.4 Å². The van der Waals surface area contributed by atoms with Crippen LogP contribution in [0.1, 0.15) is 79.1 Å². The minimum atomic E-state index is -4.82. The highest BCUT2D eigenvalue weighted by molar-refractivity contribution is 6.36. The number of rotatable bonds is 13. The second kappa shape index (κ2) is 16.0. The Hall–Kier alpha value is -4.99. The third-order valence-corrected chi connectivity index (χ3v) is 12.6. The second-order valence-electron chi connectivity index (χ2n) is 15.7. The predicted octanol–water partition coefficient (Wildman–Crippen LogP) is 7.19. The Morgan fingerprint density at radius 1 is 0.966 bits per heavy atom. The molecule has 2 aromatic heterocycles. The number of aromatic nitrogens is 3. The quantitative estimate of drug-likeness (QED) is 0.109. The Morgan fingerprint density at radius 2 is 1.71 bits per heavy atom. The molecule has 2 aliphatic carbocycles. The SMILES string of the molecule is COc1nc(-c2cccc(-c3cccc4c3CC[C@@H]4Nc3nc(OC)c(CN4CC5(C(=O)O)CCC4CC5)nc3C(F)(F)F)c2Cl)ccc1CNCC1CCC(=O)N1. The molecule has 12 nitrogen and oxygen atoms in total. The van der Waals surface area contributed by atoms with E-state index in [1.807, 2.05) is 53.4 Å². The highest BCUT2D eigenvalue weighted by atomic mass is 35.5. The van der Waals surface area contributed by atoms with Crippen LogP contribution in [0.2, 0.25) is 5.02 Å². The number of nitrogens with zero attached hydrogens (tertiary/aromatic N) is 4. The summed E-state index contributed by atoms with van der Waals surface area (Å²) in [6.45, 7) is 1.38. The van der Waals surface area contributed by atoms with Gasteiger partial charge in [-0.2, -0.15) is 18.2 Å². The molecule has 2 atom stereocenters. The lowest BCUT2D eigenvalue weighted by Gasteiger charge is -2.50. The molecular weight excluding hydrogens is 775 g/mol. The minimum Gasteiger partial charge on any atom is -0.481 e. The van der Waals surface area contributed by atoms with Crippen LogP contribution < -0.4 is 25.4 Å². The fourth-order valence-electron chi connectivity index (χ4n) is 9.18. The smallest absolute Gasteiger partial charge is 0.437 e. The molecule has 306 valence electrons. The summed E-state index contributed by atoms with van der Waals surface area (Å²) in [6, 6.07) is 14.9. The number of carboxylic acids is 1. The van der Waals surface area contributed by atoms with Gasteiger partial charge in [-0.1, -0.05) is 54.1 Å². The molecule has 5 heterocycles. The van der Waals surface area contributed by atoms with Gasteiger partial charge in [0.15, 0.2) is 11.5 Å². The van der Waals surface area contributed by atoms with Crippen molar-refractivity contribution >= 4 is 29.3 Å². The van der Waals surface area contributed by atoms with Gasteiger partial charge in [0.2, 0.25) is 17.7 Å². The number of fused-ring (bicyclic) bond motifs is 4. The third-order valence-electron chi connectivity index (χ3n) is 12.2. The van der Waals surface area contributed by atoms with Crippen molar-refractivity contribution in [2.75, 3.05) is 32.6 Å². The van der Waals surface area contributed by atoms with Gasteiger partial charge in [0.1, 0.15) is 5.69 Å². The first-order valence-corrected chi connectivity index (χ1v) is 20.0. The largest absolute Gasteiger partial charge is 0.481 e. The topological polar surface area (TPSA) is 151 Å². The number of piperidine rings is 2. The van der Waals surface area contributed by atoms with Crippen LogP contribution in [0.25, 0.3) is 22.4 Å². The van der Waals surface area contributed by atoms with Crippen molar-refractivity contribution in [2.24, 2.45) is 5.41 Å². The van der Waals surface area contributed by atoms with Gasteiger partial charge in [-0.3, -0.25) is 14.5 Å². The first-order valence-electron chi connectivity index (χ1n) is 19.6. The number of hydrogen-bond donors (Lipinski definition) is 4. The van der Waals surface area contributed by atoms with Crippen molar-refractivity contribution in [1.82, 2.24) is 30.5 Å². The molecule has 1 saturated carbocycles. The number of alkyl halides is 3. The van der Waals surface area contributed by atoms with E-state index in [0.717, 1.165) is 34.2 Å². The molecule has 0 spiro atoms. The first-order chi connectivity index (χ1) is 27.9. The monoisotopic (exact) mass is 819 g/mol. The van der Waals surface area contributed by atoms with Crippen molar-refractivity contribution in [1.29, 1.82) is 0 Å². The number of nitrogens with one attached hydrogen (secondary N) is 3. The van der Waals surface area contributed by atoms with Gasteiger partial charge >= 0.3 is 12.1 Å². The summed E-state index contributed by atoms with van der Waals surface area (Å²) in [6.07, 6.45) is 0.0157. The molecule has 2 aromatic carbocycles. The zero-order valence-corrected chi connectivity index (χ0v) is 33.0. The molecule has 3 saturated heterocycles. The summed E-state index contributed by atoms with van der Waals surface area (Å²) in [7, 11) is 2.91. The molecule has 1 unspecified atom stereocenters. The number of methoxy groups -OCH3 is 2. The summed E-state index contributed by atoms with van der Waals surface area (Å²) in [5.41, 5.74) is 3.56. The maximum Gasteiger partial charge on any atom is 0.437 e. The zero-order valence-electron chi connectivity index (χ0n) is 32.2. The van der Waals surface area contributed by atoms with Crippen molar-refractivity contribution in [3.05, 3.63) is 81.6 Å². The number of ether oxygens (including phenoxy) is 2. The van der Waals surface area contributed by atoms with Crippen molar-refractivity contribution in [2.45, 2.75) is 88.8 Å². The van der Waals surface area contributed by atoms with E-state index in [9.17, 15) is 27.9 Å². The predicted molar refractivity (Wildman–Crippen MR) is 211 cm³/mol. The van der Waals surface area contributed by atoms with E-state index in [4.69, 9.17) is 26.1 Å². The van der Waals surface area contributed by atoms with Crippen molar-refractivity contribution in [3.63, 3.8) is 0 Å². The molecule has 2 bridgehead atoms. The Morgan fingerprint density at radius 3 is 2.41 bits per heavy atom. The van der Waals surface area contributed by atoms with E-state index in [2.05, 4.69) is 25.9 Å². The van der Waals surface area contributed by atoms with Crippen molar-refractivity contribution in [3.8, 4) is 34.1 Å². The molecule has 9 rings (SSSR count). The molecule has 5 aliphatic rings. The molecule has 3 aliphatic heterocycles. The second-order valence-corrected chi connectivity index (χ2v) is 16.0. The van der Waals surface area contributed by atoms with Crippen LogP contribution in [0.3, 0.4) is 0 Å². The molecule has 16 heteroatoms. The lowest BCUT2D eigenvalue weighted by Crippen LogP contribution is -2.56. The molecule has 1 amide bonds. The number of hydrogen-bond acceptors (Lipinski definition) is 10. The molecule has 4 N–H and O–H groups in total. The Balaban J connectivity index is 1.03. The molecule has 0 radical (unpaired) electrons.